The fraction of sp³-hybridized carbons (Fsp3) is 0.467. The normalized spacial score (nSPS) is 18.3. The van der Waals surface area contributed by atoms with Gasteiger partial charge in [0.05, 0.1) is 13.0 Å². The summed E-state index contributed by atoms with van der Waals surface area (Å²) < 4.78 is 5.46. The molecule has 0 aromatic heterocycles. The van der Waals surface area contributed by atoms with E-state index in [4.69, 9.17) is 21.4 Å². The molecular formula is C15H18ClNO4. The number of ether oxygens (including phenoxy) is 1. The highest BCUT2D eigenvalue weighted by Crippen LogP contribution is 2.19. The molecule has 1 atom stereocenters. The molecule has 1 N–H and O–H groups in total. The number of carboxylic acids is 1. The molecule has 1 fully saturated rings. The van der Waals surface area contributed by atoms with E-state index in [2.05, 4.69) is 0 Å². The molecule has 0 radical (unpaired) electrons. The van der Waals surface area contributed by atoms with Crippen LogP contribution in [-0.2, 0) is 9.59 Å². The zero-order chi connectivity index (χ0) is 15.2. The van der Waals surface area contributed by atoms with Crippen molar-refractivity contribution in [3.05, 3.63) is 29.3 Å². The van der Waals surface area contributed by atoms with Gasteiger partial charge in [-0.05, 0) is 37.5 Å². The van der Waals surface area contributed by atoms with Gasteiger partial charge in [0.15, 0.2) is 0 Å². The van der Waals surface area contributed by atoms with Gasteiger partial charge in [0.1, 0.15) is 11.8 Å². The highest BCUT2D eigenvalue weighted by molar-refractivity contribution is 6.30. The van der Waals surface area contributed by atoms with Crippen LogP contribution in [0.3, 0.4) is 0 Å². The molecule has 0 saturated carbocycles. The maximum atomic E-state index is 12.1. The van der Waals surface area contributed by atoms with Crippen LogP contribution in [0.2, 0.25) is 5.02 Å². The van der Waals surface area contributed by atoms with Gasteiger partial charge in [-0.3, -0.25) is 4.79 Å². The van der Waals surface area contributed by atoms with E-state index in [0.29, 0.717) is 23.7 Å². The van der Waals surface area contributed by atoms with Gasteiger partial charge in [-0.25, -0.2) is 4.79 Å². The summed E-state index contributed by atoms with van der Waals surface area (Å²) in [6.45, 7) is 0.717. The first-order valence-electron chi connectivity index (χ1n) is 6.98. The third-order valence-electron chi connectivity index (χ3n) is 3.49. The lowest BCUT2D eigenvalue weighted by molar-refractivity contribution is -0.152. The van der Waals surface area contributed by atoms with Gasteiger partial charge >= 0.3 is 5.97 Å². The molecule has 0 unspecified atom stereocenters. The molecule has 1 aliphatic heterocycles. The highest BCUT2D eigenvalue weighted by Gasteiger charge is 2.31. The first-order chi connectivity index (χ1) is 10.1. The summed E-state index contributed by atoms with van der Waals surface area (Å²) in [6, 6.07) is 6.25. The summed E-state index contributed by atoms with van der Waals surface area (Å²) in [6.07, 6.45) is 2.39. The molecule has 1 heterocycles. The number of carboxylic acid groups (broad SMARTS) is 1. The summed E-state index contributed by atoms with van der Waals surface area (Å²) in [5.41, 5.74) is 0. The second-order valence-corrected chi connectivity index (χ2v) is 5.43. The molecule has 0 bridgehead atoms. The van der Waals surface area contributed by atoms with E-state index in [1.807, 2.05) is 0 Å². The average Bonchev–Trinajstić information content (AvgIpc) is 2.47. The molecule has 1 aliphatic rings. The first kappa shape index (κ1) is 15.6. The zero-order valence-electron chi connectivity index (χ0n) is 11.6. The monoisotopic (exact) mass is 311 g/mol. The SMILES string of the molecule is O=C(O)[C@@H]1CCCCN1C(=O)CCOc1cccc(Cl)c1. The van der Waals surface area contributed by atoms with E-state index in [9.17, 15) is 9.59 Å². The predicted octanol–water partition coefficient (Wildman–Crippen LogP) is 2.57. The van der Waals surface area contributed by atoms with Crippen LogP contribution in [0, 0.1) is 0 Å². The van der Waals surface area contributed by atoms with Crippen LogP contribution >= 0.6 is 11.6 Å². The van der Waals surface area contributed by atoms with Crippen molar-refractivity contribution in [1.29, 1.82) is 0 Å². The predicted molar refractivity (Wildman–Crippen MR) is 78.6 cm³/mol. The summed E-state index contributed by atoms with van der Waals surface area (Å²) in [4.78, 5) is 24.7. The minimum Gasteiger partial charge on any atom is -0.493 e. The van der Waals surface area contributed by atoms with Crippen LogP contribution in [0.25, 0.3) is 0 Å². The van der Waals surface area contributed by atoms with Crippen molar-refractivity contribution in [1.82, 2.24) is 4.90 Å². The molecule has 6 heteroatoms. The van der Waals surface area contributed by atoms with E-state index in [1.54, 1.807) is 24.3 Å². The Bertz CT molecular complexity index is 520. The van der Waals surface area contributed by atoms with Crippen LogP contribution in [0.4, 0.5) is 0 Å². The standard InChI is InChI=1S/C15H18ClNO4/c16-11-4-3-5-12(10-11)21-9-7-14(18)17-8-2-1-6-13(17)15(19)20/h3-5,10,13H,1-2,6-9H2,(H,19,20)/t13-/m0/s1. The third kappa shape index (κ3) is 4.36. The lowest BCUT2D eigenvalue weighted by atomic mass is 10.0. The Hall–Kier alpha value is -1.75. The quantitative estimate of drug-likeness (QED) is 0.907. The fourth-order valence-electron chi connectivity index (χ4n) is 2.44. The van der Waals surface area contributed by atoms with Crippen molar-refractivity contribution in [3.63, 3.8) is 0 Å². The third-order valence-corrected chi connectivity index (χ3v) is 3.72. The number of likely N-dealkylation sites (tertiary alicyclic amines) is 1. The number of amides is 1. The number of hydrogen-bond acceptors (Lipinski definition) is 3. The summed E-state index contributed by atoms with van der Waals surface area (Å²) in [7, 11) is 0. The van der Waals surface area contributed by atoms with Crippen LogP contribution in [0.1, 0.15) is 25.7 Å². The number of aliphatic carboxylic acids is 1. The number of nitrogens with zero attached hydrogens (tertiary/aromatic N) is 1. The Balaban J connectivity index is 1.84. The van der Waals surface area contributed by atoms with Crippen LogP contribution in [0.15, 0.2) is 24.3 Å². The average molecular weight is 312 g/mol. The molecule has 1 aromatic carbocycles. The van der Waals surface area contributed by atoms with Crippen molar-refractivity contribution in [3.8, 4) is 5.75 Å². The lowest BCUT2D eigenvalue weighted by Gasteiger charge is -2.33. The molecule has 5 nitrogen and oxygen atoms in total. The Morgan fingerprint density at radius 1 is 1.38 bits per heavy atom. The Morgan fingerprint density at radius 3 is 2.90 bits per heavy atom. The zero-order valence-corrected chi connectivity index (χ0v) is 12.4. The number of halogens is 1. The number of rotatable bonds is 5. The first-order valence-corrected chi connectivity index (χ1v) is 7.36. The topological polar surface area (TPSA) is 66.8 Å². The van der Waals surface area contributed by atoms with Crippen LogP contribution in [-0.4, -0.2) is 41.1 Å². The Kier molecular flexibility index (Phi) is 5.44. The smallest absolute Gasteiger partial charge is 0.326 e. The number of carbonyl (C=O) groups excluding carboxylic acids is 1. The second kappa shape index (κ2) is 7.31. The van der Waals surface area contributed by atoms with Gasteiger partial charge in [-0.15, -0.1) is 0 Å². The van der Waals surface area contributed by atoms with Gasteiger partial charge in [-0.1, -0.05) is 17.7 Å². The van der Waals surface area contributed by atoms with Gasteiger partial charge in [0.2, 0.25) is 5.91 Å². The van der Waals surface area contributed by atoms with Crippen molar-refractivity contribution in [2.75, 3.05) is 13.2 Å². The van der Waals surface area contributed by atoms with Gasteiger partial charge in [-0.2, -0.15) is 0 Å². The maximum Gasteiger partial charge on any atom is 0.326 e. The van der Waals surface area contributed by atoms with Crippen molar-refractivity contribution >= 4 is 23.5 Å². The molecule has 1 amide bonds. The van der Waals surface area contributed by atoms with E-state index in [0.717, 1.165) is 12.8 Å². The lowest BCUT2D eigenvalue weighted by Crippen LogP contribution is -2.48. The Labute approximate surface area is 128 Å². The molecule has 1 saturated heterocycles. The minimum atomic E-state index is -0.932. The molecule has 0 spiro atoms. The van der Waals surface area contributed by atoms with E-state index in [-0.39, 0.29) is 18.9 Å². The fourth-order valence-corrected chi connectivity index (χ4v) is 2.62. The molecular weight excluding hydrogens is 294 g/mol. The van der Waals surface area contributed by atoms with Crippen LogP contribution in [0.5, 0.6) is 5.75 Å². The number of benzene rings is 1. The molecule has 114 valence electrons. The van der Waals surface area contributed by atoms with E-state index in [1.165, 1.54) is 4.90 Å². The number of piperidine rings is 1. The van der Waals surface area contributed by atoms with Crippen molar-refractivity contribution < 1.29 is 19.4 Å². The molecule has 21 heavy (non-hydrogen) atoms. The Morgan fingerprint density at radius 2 is 2.19 bits per heavy atom. The van der Waals surface area contributed by atoms with Crippen molar-refractivity contribution in [2.24, 2.45) is 0 Å². The molecule has 1 aromatic rings. The van der Waals surface area contributed by atoms with Gasteiger partial charge < -0.3 is 14.7 Å². The van der Waals surface area contributed by atoms with Gasteiger partial charge in [0, 0.05) is 11.6 Å². The minimum absolute atomic E-state index is 0.163. The summed E-state index contributed by atoms with van der Waals surface area (Å²) >= 11 is 5.84. The largest absolute Gasteiger partial charge is 0.493 e. The summed E-state index contributed by atoms with van der Waals surface area (Å²) in [5, 5.41) is 9.72. The van der Waals surface area contributed by atoms with E-state index < -0.39 is 12.0 Å². The maximum absolute atomic E-state index is 12.1. The van der Waals surface area contributed by atoms with Gasteiger partial charge in [0.25, 0.3) is 0 Å². The molecule has 0 aliphatic carbocycles. The number of carbonyl (C=O) groups is 2. The summed E-state index contributed by atoms with van der Waals surface area (Å²) in [5.74, 6) is -0.508. The second-order valence-electron chi connectivity index (χ2n) is 4.99. The number of hydrogen-bond donors (Lipinski definition) is 1. The highest BCUT2D eigenvalue weighted by atomic mass is 35.5. The molecule has 2 rings (SSSR count). The van der Waals surface area contributed by atoms with Crippen molar-refractivity contribution in [2.45, 2.75) is 31.7 Å². The van der Waals surface area contributed by atoms with E-state index >= 15 is 0 Å². The van der Waals surface area contributed by atoms with Crippen LogP contribution < -0.4 is 4.74 Å².